The Balaban J connectivity index is 0.834. The number of allylic oxidation sites excluding steroid dienone is 2. The molecule has 302 valence electrons. The van der Waals surface area contributed by atoms with Gasteiger partial charge in [-0.25, -0.2) is 0 Å². The summed E-state index contributed by atoms with van der Waals surface area (Å²) in [6.07, 6.45) is 8.61. The maximum absolute atomic E-state index is 2.40. The first-order valence-electron chi connectivity index (χ1n) is 22.2. The van der Waals surface area contributed by atoms with Gasteiger partial charge in [-0.15, -0.1) is 0 Å². The van der Waals surface area contributed by atoms with Gasteiger partial charge in [0.15, 0.2) is 0 Å². The lowest BCUT2D eigenvalue weighted by molar-refractivity contribution is 1.29. The van der Waals surface area contributed by atoms with Gasteiger partial charge in [-0.05, 0) is 140 Å². The Morgan fingerprint density at radius 2 is 0.578 bits per heavy atom. The lowest BCUT2D eigenvalue weighted by atomic mass is 9.93. The lowest BCUT2D eigenvalue weighted by Gasteiger charge is -2.28. The molecule has 0 N–H and O–H groups in total. The molecular formula is C62H44N2. The van der Waals surface area contributed by atoms with E-state index in [1.165, 1.54) is 87.1 Å². The fraction of sp³-hybridized carbons (Fsp3) is 0.0323. The van der Waals surface area contributed by atoms with E-state index in [4.69, 9.17) is 0 Å². The molecule has 2 heteroatoms. The molecule has 0 aliphatic rings. The van der Waals surface area contributed by atoms with Crippen LogP contribution < -0.4 is 9.80 Å². The zero-order valence-electron chi connectivity index (χ0n) is 35.8. The van der Waals surface area contributed by atoms with Crippen LogP contribution in [-0.2, 0) is 0 Å². The Labute approximate surface area is 373 Å². The summed E-state index contributed by atoms with van der Waals surface area (Å²) >= 11 is 0. The maximum Gasteiger partial charge on any atom is 0.0540 e. The zero-order valence-corrected chi connectivity index (χ0v) is 35.8. The molecule has 0 spiro atoms. The van der Waals surface area contributed by atoms with Gasteiger partial charge in [-0.2, -0.15) is 0 Å². The smallest absolute Gasteiger partial charge is 0.0540 e. The van der Waals surface area contributed by atoms with E-state index in [9.17, 15) is 0 Å². The summed E-state index contributed by atoms with van der Waals surface area (Å²) in [5.41, 5.74) is 11.6. The van der Waals surface area contributed by atoms with Crippen LogP contribution in [0.25, 0.3) is 76.8 Å². The zero-order chi connectivity index (χ0) is 42.7. The van der Waals surface area contributed by atoms with E-state index < -0.39 is 0 Å². The van der Waals surface area contributed by atoms with Crippen molar-refractivity contribution in [1.29, 1.82) is 0 Å². The first-order chi connectivity index (χ1) is 31.5. The minimum Gasteiger partial charge on any atom is -0.310 e. The van der Waals surface area contributed by atoms with Crippen LogP contribution in [0.2, 0.25) is 0 Å². The van der Waals surface area contributed by atoms with Crippen LogP contribution in [0.5, 0.6) is 0 Å². The molecule has 0 amide bonds. The third-order valence-corrected chi connectivity index (χ3v) is 13.1. The quantitative estimate of drug-likeness (QED) is 0.106. The molecule has 0 aliphatic carbocycles. The number of nitrogens with zero attached hydrogens (tertiary/aromatic N) is 2. The van der Waals surface area contributed by atoms with Gasteiger partial charge < -0.3 is 9.80 Å². The van der Waals surface area contributed by atoms with Crippen molar-refractivity contribution in [2.75, 3.05) is 9.80 Å². The fourth-order valence-electron chi connectivity index (χ4n) is 9.87. The molecule has 0 aromatic heterocycles. The summed E-state index contributed by atoms with van der Waals surface area (Å²) < 4.78 is 0. The topological polar surface area (TPSA) is 6.48 Å². The molecular weight excluding hydrogens is 773 g/mol. The molecule has 12 aromatic carbocycles. The highest BCUT2D eigenvalue weighted by molar-refractivity contribution is 6.27. The van der Waals surface area contributed by atoms with Crippen molar-refractivity contribution < 1.29 is 0 Å². The van der Waals surface area contributed by atoms with E-state index in [0.717, 1.165) is 33.9 Å². The minimum absolute atomic E-state index is 1.12. The minimum atomic E-state index is 1.12. The van der Waals surface area contributed by atoms with Crippen molar-refractivity contribution in [2.24, 2.45) is 0 Å². The van der Waals surface area contributed by atoms with E-state index >= 15 is 0 Å². The highest BCUT2D eigenvalue weighted by atomic mass is 15.1. The van der Waals surface area contributed by atoms with Crippen molar-refractivity contribution in [3.63, 3.8) is 0 Å². The van der Waals surface area contributed by atoms with Gasteiger partial charge in [-0.3, -0.25) is 0 Å². The van der Waals surface area contributed by atoms with Gasteiger partial charge in [0.25, 0.3) is 0 Å². The molecule has 64 heavy (non-hydrogen) atoms. The van der Waals surface area contributed by atoms with Gasteiger partial charge in [0.05, 0.1) is 11.4 Å². The van der Waals surface area contributed by atoms with E-state index in [2.05, 4.69) is 254 Å². The molecule has 0 unspecified atom stereocenters. The monoisotopic (exact) mass is 816 g/mol. The summed E-state index contributed by atoms with van der Waals surface area (Å²) in [6.45, 7) is 4.29. The third kappa shape index (κ3) is 6.42. The molecule has 0 radical (unpaired) electrons. The first kappa shape index (κ1) is 37.6. The average Bonchev–Trinajstić information content (AvgIpc) is 3.34. The van der Waals surface area contributed by atoms with E-state index in [-0.39, 0.29) is 0 Å². The maximum atomic E-state index is 2.40. The second-order valence-corrected chi connectivity index (χ2v) is 17.1. The molecule has 12 aromatic rings. The molecule has 0 saturated carbocycles. The van der Waals surface area contributed by atoms with Crippen LogP contribution in [0.15, 0.2) is 218 Å². The molecule has 0 atom stereocenters. The number of hydrogen-bond donors (Lipinski definition) is 0. The van der Waals surface area contributed by atoms with Crippen LogP contribution in [0, 0.1) is 13.8 Å². The van der Waals surface area contributed by atoms with Crippen molar-refractivity contribution in [3.05, 3.63) is 241 Å². The SMILES string of the molecule is Cc1ccc(N(c2ccc(C=CC=Cc3ccc(N(c4ccc(C)cc4)c4ccc5ccc6cccc7ccc4c5c67)cc3)cc2)c2ccc3ccc4cccc5ccc2c3c45)cc1. The van der Waals surface area contributed by atoms with Gasteiger partial charge >= 0.3 is 0 Å². The Morgan fingerprint density at radius 3 is 0.938 bits per heavy atom. The normalized spacial score (nSPS) is 12.1. The summed E-state index contributed by atoms with van der Waals surface area (Å²) in [6, 6.07) is 75.9. The van der Waals surface area contributed by atoms with Crippen LogP contribution in [0.1, 0.15) is 22.3 Å². The largest absolute Gasteiger partial charge is 0.310 e. The Hall–Kier alpha value is -8.20. The van der Waals surface area contributed by atoms with Gasteiger partial charge in [-0.1, -0.05) is 181 Å². The fourth-order valence-corrected chi connectivity index (χ4v) is 9.87. The molecule has 12 rings (SSSR count). The Kier molecular flexibility index (Phi) is 8.98. The predicted octanol–water partition coefficient (Wildman–Crippen LogP) is 17.8. The number of rotatable bonds is 9. The lowest BCUT2D eigenvalue weighted by Crippen LogP contribution is -2.10. The molecule has 0 heterocycles. The highest BCUT2D eigenvalue weighted by Gasteiger charge is 2.20. The number of anilines is 6. The Bertz CT molecular complexity index is 3430. The van der Waals surface area contributed by atoms with Crippen molar-refractivity contribution in [3.8, 4) is 0 Å². The van der Waals surface area contributed by atoms with Gasteiger partial charge in [0.2, 0.25) is 0 Å². The summed E-state index contributed by atoms with van der Waals surface area (Å²) in [4.78, 5) is 4.79. The number of hydrogen-bond acceptors (Lipinski definition) is 2. The molecule has 0 bridgehead atoms. The van der Waals surface area contributed by atoms with E-state index in [1.807, 2.05) is 0 Å². The van der Waals surface area contributed by atoms with Crippen LogP contribution in [-0.4, -0.2) is 0 Å². The number of aryl methyl sites for hydroxylation is 2. The summed E-state index contributed by atoms with van der Waals surface area (Å²) in [5, 5.41) is 15.4. The van der Waals surface area contributed by atoms with Crippen LogP contribution in [0.4, 0.5) is 34.1 Å². The third-order valence-electron chi connectivity index (χ3n) is 13.1. The molecule has 0 fully saturated rings. The molecule has 2 nitrogen and oxygen atoms in total. The molecule has 0 aliphatic heterocycles. The summed E-state index contributed by atoms with van der Waals surface area (Å²) in [5.74, 6) is 0. The predicted molar refractivity (Wildman–Crippen MR) is 277 cm³/mol. The Morgan fingerprint density at radius 1 is 0.281 bits per heavy atom. The van der Waals surface area contributed by atoms with Crippen LogP contribution >= 0.6 is 0 Å². The van der Waals surface area contributed by atoms with Gasteiger partial charge in [0, 0.05) is 33.5 Å². The summed E-state index contributed by atoms with van der Waals surface area (Å²) in [7, 11) is 0. The molecule has 0 saturated heterocycles. The van der Waals surface area contributed by atoms with Gasteiger partial charge in [0.1, 0.15) is 0 Å². The number of benzene rings is 12. The van der Waals surface area contributed by atoms with Crippen LogP contribution in [0.3, 0.4) is 0 Å². The van der Waals surface area contributed by atoms with E-state index in [1.54, 1.807) is 0 Å². The second kappa shape index (κ2) is 15.3. The highest BCUT2D eigenvalue weighted by Crippen LogP contribution is 2.46. The second-order valence-electron chi connectivity index (χ2n) is 17.1. The average molecular weight is 817 g/mol. The standard InChI is InChI=1S/C62H44N2/c1-41-13-29-51(30-14-41)63(57-39-27-49-23-21-45-9-5-11-47-25-37-55(57)61(49)59(45)47)53-33-17-43(18-34-53)7-3-4-8-44-19-35-54(36-20-44)64(52-31-15-42(2)16-32-52)58-40-28-50-24-22-46-10-6-12-48-26-38-56(58)62(50)60(46)48/h3-40H,1-2H3. The van der Waals surface area contributed by atoms with Crippen molar-refractivity contribution in [2.45, 2.75) is 13.8 Å². The first-order valence-corrected chi connectivity index (χ1v) is 22.2. The van der Waals surface area contributed by atoms with Crippen molar-refractivity contribution in [1.82, 2.24) is 0 Å². The van der Waals surface area contributed by atoms with Crippen molar-refractivity contribution >= 4 is 111 Å². The van der Waals surface area contributed by atoms with E-state index in [0.29, 0.717) is 0 Å².